The van der Waals surface area contributed by atoms with Crippen molar-refractivity contribution >= 4 is 28.5 Å². The van der Waals surface area contributed by atoms with Crippen molar-refractivity contribution in [2.75, 3.05) is 5.73 Å². The number of nitrogens with two attached hydrogens (primary N) is 1. The van der Waals surface area contributed by atoms with Gasteiger partial charge in [0.2, 0.25) is 0 Å². The Labute approximate surface area is 147 Å². The molecule has 0 unspecified atom stereocenters. The van der Waals surface area contributed by atoms with Gasteiger partial charge in [0.1, 0.15) is 5.82 Å². The zero-order valence-electron chi connectivity index (χ0n) is 12.9. The van der Waals surface area contributed by atoms with Crippen LogP contribution in [0.5, 0.6) is 0 Å². The van der Waals surface area contributed by atoms with Crippen LogP contribution >= 0.6 is 11.6 Å². The summed E-state index contributed by atoms with van der Waals surface area (Å²) in [5.41, 5.74) is 3.43. The first kappa shape index (κ1) is 18.3. The number of fused-ring (bicyclic) bond motifs is 1. The highest BCUT2D eigenvalue weighted by Gasteiger charge is 2.36. The fraction of sp³-hybridized carbons (Fsp3) is 0.200. The van der Waals surface area contributed by atoms with Gasteiger partial charge in [-0.15, -0.1) is 5.10 Å². The molecule has 2 N–H and O–H groups in total. The van der Waals surface area contributed by atoms with Crippen LogP contribution in [0, 0.1) is 6.92 Å². The molecule has 3 aromatic rings. The molecule has 0 amide bonds. The van der Waals surface area contributed by atoms with Gasteiger partial charge in [-0.05, 0) is 31.2 Å². The summed E-state index contributed by atoms with van der Waals surface area (Å²) in [5, 5.41) is 3.07. The SMILES string of the molecule is Cc1cc(C(F)(F)F)c2c(N)n(-c3ccc(C(F)(F)F)cc3Cl)nc2n1. The molecular weight excluding hydrogens is 386 g/mol. The van der Waals surface area contributed by atoms with Crippen LogP contribution in [0.1, 0.15) is 16.8 Å². The number of benzene rings is 1. The monoisotopic (exact) mass is 394 g/mol. The van der Waals surface area contributed by atoms with E-state index in [-0.39, 0.29) is 22.1 Å². The zero-order valence-corrected chi connectivity index (χ0v) is 13.6. The highest BCUT2D eigenvalue weighted by molar-refractivity contribution is 6.32. The molecule has 3 rings (SSSR count). The second kappa shape index (κ2) is 5.76. The summed E-state index contributed by atoms with van der Waals surface area (Å²) in [6, 6.07) is 3.18. The van der Waals surface area contributed by atoms with E-state index in [0.717, 1.165) is 22.9 Å². The lowest BCUT2D eigenvalue weighted by Gasteiger charge is -2.11. The molecule has 0 aliphatic carbocycles. The third kappa shape index (κ3) is 3.05. The largest absolute Gasteiger partial charge is 0.417 e. The summed E-state index contributed by atoms with van der Waals surface area (Å²) in [5.74, 6) is -0.429. The maximum atomic E-state index is 13.3. The number of hydrogen-bond acceptors (Lipinski definition) is 3. The molecule has 4 nitrogen and oxygen atoms in total. The van der Waals surface area contributed by atoms with Crippen molar-refractivity contribution < 1.29 is 26.3 Å². The van der Waals surface area contributed by atoms with Crippen molar-refractivity contribution in [3.8, 4) is 5.69 Å². The molecule has 0 saturated heterocycles. The average Bonchev–Trinajstić information content (AvgIpc) is 2.81. The van der Waals surface area contributed by atoms with Crippen molar-refractivity contribution in [3.63, 3.8) is 0 Å². The van der Waals surface area contributed by atoms with Crippen LogP contribution in [0.3, 0.4) is 0 Å². The second-order valence-electron chi connectivity index (χ2n) is 5.47. The Balaban J connectivity index is 2.26. The number of aryl methyl sites for hydroxylation is 1. The molecule has 0 bridgehead atoms. The van der Waals surface area contributed by atoms with E-state index in [1.165, 1.54) is 6.92 Å². The van der Waals surface area contributed by atoms with Crippen molar-refractivity contribution in [1.29, 1.82) is 0 Å². The number of pyridine rings is 1. The summed E-state index contributed by atoms with van der Waals surface area (Å²) in [6.45, 7) is 1.36. The first-order valence-corrected chi connectivity index (χ1v) is 7.37. The van der Waals surface area contributed by atoms with Crippen LogP contribution < -0.4 is 5.73 Å². The quantitative estimate of drug-likeness (QED) is 0.591. The van der Waals surface area contributed by atoms with Gasteiger partial charge in [-0.25, -0.2) is 9.67 Å². The van der Waals surface area contributed by atoms with Crippen molar-refractivity contribution in [3.05, 3.63) is 46.1 Å². The van der Waals surface area contributed by atoms with Crippen LogP contribution in [-0.2, 0) is 12.4 Å². The Morgan fingerprint density at radius 2 is 1.69 bits per heavy atom. The Kier molecular flexibility index (Phi) is 4.06. The van der Waals surface area contributed by atoms with Crippen LogP contribution in [0.4, 0.5) is 32.2 Å². The summed E-state index contributed by atoms with van der Waals surface area (Å²) >= 11 is 5.87. The van der Waals surface area contributed by atoms with Gasteiger partial charge in [0.25, 0.3) is 0 Å². The summed E-state index contributed by atoms with van der Waals surface area (Å²) < 4.78 is 78.9. The topological polar surface area (TPSA) is 56.7 Å². The second-order valence-corrected chi connectivity index (χ2v) is 5.88. The molecule has 0 atom stereocenters. The van der Waals surface area contributed by atoms with E-state index >= 15 is 0 Å². The van der Waals surface area contributed by atoms with E-state index in [4.69, 9.17) is 17.3 Å². The van der Waals surface area contributed by atoms with E-state index in [0.29, 0.717) is 6.07 Å². The van der Waals surface area contributed by atoms with Gasteiger partial charge < -0.3 is 5.73 Å². The molecule has 1 aromatic carbocycles. The molecule has 0 spiro atoms. The Morgan fingerprint density at radius 3 is 2.23 bits per heavy atom. The number of nitrogen functional groups attached to an aromatic ring is 1. The lowest BCUT2D eigenvalue weighted by atomic mass is 10.1. The van der Waals surface area contributed by atoms with Crippen molar-refractivity contribution in [1.82, 2.24) is 14.8 Å². The van der Waals surface area contributed by atoms with E-state index < -0.39 is 34.7 Å². The number of alkyl halides is 6. The first-order chi connectivity index (χ1) is 11.9. The Hall–Kier alpha value is -2.49. The predicted octanol–water partition coefficient (Wildman–Crippen LogP) is 5.00. The van der Waals surface area contributed by atoms with Gasteiger partial charge in [-0.1, -0.05) is 11.6 Å². The fourth-order valence-corrected chi connectivity index (χ4v) is 2.76. The minimum Gasteiger partial charge on any atom is -0.383 e. The predicted molar refractivity (Wildman–Crippen MR) is 83.0 cm³/mol. The highest BCUT2D eigenvalue weighted by Crippen LogP contribution is 2.39. The maximum absolute atomic E-state index is 13.3. The number of nitrogens with zero attached hydrogens (tertiary/aromatic N) is 3. The van der Waals surface area contributed by atoms with Crippen LogP contribution in [-0.4, -0.2) is 14.8 Å². The third-order valence-electron chi connectivity index (χ3n) is 3.62. The molecule has 2 aromatic heterocycles. The Bertz CT molecular complexity index is 1010. The Morgan fingerprint density at radius 1 is 1.04 bits per heavy atom. The number of rotatable bonds is 1. The van der Waals surface area contributed by atoms with E-state index in [1.807, 2.05) is 0 Å². The van der Waals surface area contributed by atoms with Gasteiger partial charge in [0.05, 0.1) is 27.2 Å². The van der Waals surface area contributed by atoms with Crippen molar-refractivity contribution in [2.24, 2.45) is 0 Å². The molecule has 2 heterocycles. The number of anilines is 1. The summed E-state index contributed by atoms with van der Waals surface area (Å²) in [4.78, 5) is 3.91. The molecule has 138 valence electrons. The number of hydrogen-bond donors (Lipinski definition) is 1. The van der Waals surface area contributed by atoms with Gasteiger partial charge >= 0.3 is 12.4 Å². The van der Waals surface area contributed by atoms with Gasteiger partial charge in [0, 0.05) is 5.69 Å². The lowest BCUT2D eigenvalue weighted by molar-refractivity contribution is -0.138. The third-order valence-corrected chi connectivity index (χ3v) is 3.92. The number of aromatic nitrogens is 3. The van der Waals surface area contributed by atoms with Gasteiger partial charge in [0.15, 0.2) is 5.65 Å². The van der Waals surface area contributed by atoms with Crippen molar-refractivity contribution in [2.45, 2.75) is 19.3 Å². The van der Waals surface area contributed by atoms with Crippen LogP contribution in [0.2, 0.25) is 5.02 Å². The minimum absolute atomic E-state index is 0.0630. The molecule has 0 fully saturated rings. The fourth-order valence-electron chi connectivity index (χ4n) is 2.50. The molecule has 0 radical (unpaired) electrons. The normalized spacial score (nSPS) is 12.8. The number of halogens is 7. The molecule has 11 heteroatoms. The maximum Gasteiger partial charge on any atom is 0.417 e. The van der Waals surface area contributed by atoms with E-state index in [9.17, 15) is 26.3 Å². The standard InChI is InChI=1S/C15H9ClF6N4/c1-6-4-8(15(20,21)22)11-12(23)26(25-13(11)24-6)10-3-2-7(5-9(10)16)14(17,18)19/h2-5H,23H2,1H3. The van der Waals surface area contributed by atoms with Gasteiger partial charge in [-0.3, -0.25) is 0 Å². The average molecular weight is 395 g/mol. The zero-order chi connectivity index (χ0) is 19.4. The minimum atomic E-state index is -4.71. The molecule has 0 saturated carbocycles. The van der Waals surface area contributed by atoms with Crippen LogP contribution in [0.25, 0.3) is 16.7 Å². The molecular formula is C15H9ClF6N4. The molecule has 0 aliphatic heterocycles. The van der Waals surface area contributed by atoms with Gasteiger partial charge in [-0.2, -0.15) is 26.3 Å². The molecule has 0 aliphatic rings. The summed E-state index contributed by atoms with van der Waals surface area (Å²) in [6.07, 6.45) is -9.33. The van der Waals surface area contributed by atoms with E-state index in [1.54, 1.807) is 0 Å². The summed E-state index contributed by atoms with van der Waals surface area (Å²) in [7, 11) is 0. The molecule has 26 heavy (non-hydrogen) atoms. The van der Waals surface area contributed by atoms with Crippen LogP contribution in [0.15, 0.2) is 24.3 Å². The lowest BCUT2D eigenvalue weighted by Crippen LogP contribution is -2.09. The smallest absolute Gasteiger partial charge is 0.383 e. The first-order valence-electron chi connectivity index (χ1n) is 6.99. The van der Waals surface area contributed by atoms with E-state index in [2.05, 4.69) is 10.1 Å². The highest BCUT2D eigenvalue weighted by atomic mass is 35.5.